The number of hydrogen-bond acceptors (Lipinski definition) is 6. The van der Waals surface area contributed by atoms with E-state index in [0.29, 0.717) is 6.54 Å². The van der Waals surface area contributed by atoms with Gasteiger partial charge in [-0.3, -0.25) is 0 Å². The van der Waals surface area contributed by atoms with Gasteiger partial charge < -0.3 is 10.6 Å². The lowest BCUT2D eigenvalue weighted by Crippen LogP contribution is -2.08. The van der Waals surface area contributed by atoms with Crippen LogP contribution in [0.2, 0.25) is 0 Å². The first-order chi connectivity index (χ1) is 9.81. The van der Waals surface area contributed by atoms with Crippen LogP contribution in [0.4, 0.5) is 11.6 Å². The molecule has 0 saturated heterocycles. The summed E-state index contributed by atoms with van der Waals surface area (Å²) in [4.78, 5) is 17.1. The van der Waals surface area contributed by atoms with E-state index < -0.39 is 0 Å². The van der Waals surface area contributed by atoms with Gasteiger partial charge in [0, 0.05) is 25.2 Å². The Kier molecular flexibility index (Phi) is 5.23. The fraction of sp³-hybridized carbons (Fsp3) is 0.429. The van der Waals surface area contributed by atoms with Crippen molar-refractivity contribution in [3.8, 4) is 0 Å². The molecular weight excluding hydrogens is 252 g/mol. The van der Waals surface area contributed by atoms with Gasteiger partial charge in [-0.05, 0) is 19.4 Å². The zero-order valence-corrected chi connectivity index (χ0v) is 11.9. The van der Waals surface area contributed by atoms with Crippen molar-refractivity contribution < 1.29 is 0 Å². The highest BCUT2D eigenvalue weighted by Crippen LogP contribution is 2.13. The fourth-order valence-corrected chi connectivity index (χ4v) is 1.80. The van der Waals surface area contributed by atoms with Crippen molar-refractivity contribution in [3.63, 3.8) is 0 Å². The minimum atomic E-state index is 0.622. The van der Waals surface area contributed by atoms with Crippen molar-refractivity contribution in [3.05, 3.63) is 36.2 Å². The van der Waals surface area contributed by atoms with Crippen LogP contribution in [0.5, 0.6) is 0 Å². The molecular formula is C14H20N6. The number of aromatic nitrogens is 4. The molecule has 2 heterocycles. The summed E-state index contributed by atoms with van der Waals surface area (Å²) in [6.07, 6.45) is 5.18. The van der Waals surface area contributed by atoms with E-state index in [0.717, 1.165) is 42.5 Å². The molecule has 2 aromatic heterocycles. The Balaban J connectivity index is 2.09. The molecule has 20 heavy (non-hydrogen) atoms. The predicted molar refractivity (Wildman–Crippen MR) is 79.5 cm³/mol. The quantitative estimate of drug-likeness (QED) is 0.805. The summed E-state index contributed by atoms with van der Waals surface area (Å²) in [5.74, 6) is 2.53. The van der Waals surface area contributed by atoms with Gasteiger partial charge in [0.05, 0.1) is 12.2 Å². The summed E-state index contributed by atoms with van der Waals surface area (Å²) in [7, 11) is 0. The average Bonchev–Trinajstić information content (AvgIpc) is 2.47. The van der Waals surface area contributed by atoms with Crippen molar-refractivity contribution in [1.82, 2.24) is 19.9 Å². The third-order valence-electron chi connectivity index (χ3n) is 2.70. The van der Waals surface area contributed by atoms with Gasteiger partial charge in [0.2, 0.25) is 0 Å². The van der Waals surface area contributed by atoms with Gasteiger partial charge in [0.1, 0.15) is 23.8 Å². The first-order valence-electron chi connectivity index (χ1n) is 6.92. The lowest BCUT2D eigenvalue weighted by Gasteiger charge is -2.10. The minimum absolute atomic E-state index is 0.622. The standard InChI is InChI=1S/C14H20N6/c1-3-5-12-19-13(16-4-2)8-14(20-12)17-9-11-6-7-15-10-18-11/h6-8,10H,3-5,9H2,1-2H3,(H2,16,17,19,20). The fourth-order valence-electron chi connectivity index (χ4n) is 1.80. The maximum atomic E-state index is 4.51. The Morgan fingerprint density at radius 2 is 1.90 bits per heavy atom. The Morgan fingerprint density at radius 3 is 2.55 bits per heavy atom. The van der Waals surface area contributed by atoms with Crippen molar-refractivity contribution in [2.75, 3.05) is 17.2 Å². The van der Waals surface area contributed by atoms with Crippen LogP contribution in [0.3, 0.4) is 0 Å². The van der Waals surface area contributed by atoms with Crippen LogP contribution in [0.1, 0.15) is 31.8 Å². The van der Waals surface area contributed by atoms with Crippen molar-refractivity contribution in [2.45, 2.75) is 33.2 Å². The molecule has 2 rings (SSSR count). The molecule has 2 aromatic rings. The van der Waals surface area contributed by atoms with Crippen molar-refractivity contribution in [2.24, 2.45) is 0 Å². The Bertz CT molecular complexity index is 504. The lowest BCUT2D eigenvalue weighted by molar-refractivity contribution is 0.833. The van der Waals surface area contributed by atoms with E-state index in [-0.39, 0.29) is 0 Å². The largest absolute Gasteiger partial charge is 0.370 e. The van der Waals surface area contributed by atoms with E-state index in [1.54, 1.807) is 12.5 Å². The molecule has 6 nitrogen and oxygen atoms in total. The third-order valence-corrected chi connectivity index (χ3v) is 2.70. The number of aryl methyl sites for hydroxylation is 1. The van der Waals surface area contributed by atoms with Crippen LogP contribution in [0.15, 0.2) is 24.7 Å². The van der Waals surface area contributed by atoms with Gasteiger partial charge in [0.15, 0.2) is 0 Å². The Hall–Kier alpha value is -2.24. The molecule has 0 bridgehead atoms. The van der Waals surface area contributed by atoms with E-state index in [4.69, 9.17) is 0 Å². The highest BCUT2D eigenvalue weighted by molar-refractivity contribution is 5.47. The number of rotatable bonds is 7. The molecule has 6 heteroatoms. The first-order valence-corrected chi connectivity index (χ1v) is 6.92. The molecule has 0 aromatic carbocycles. The molecule has 0 atom stereocenters. The smallest absolute Gasteiger partial charge is 0.133 e. The van der Waals surface area contributed by atoms with E-state index in [1.165, 1.54) is 0 Å². The summed E-state index contributed by atoms with van der Waals surface area (Å²) < 4.78 is 0. The summed E-state index contributed by atoms with van der Waals surface area (Å²) in [5.41, 5.74) is 0.931. The lowest BCUT2D eigenvalue weighted by atomic mass is 10.3. The molecule has 0 amide bonds. The maximum absolute atomic E-state index is 4.51. The van der Waals surface area contributed by atoms with E-state index in [2.05, 4.69) is 44.4 Å². The molecule has 106 valence electrons. The van der Waals surface area contributed by atoms with E-state index in [1.807, 2.05) is 12.1 Å². The van der Waals surface area contributed by atoms with Gasteiger partial charge in [0.25, 0.3) is 0 Å². The van der Waals surface area contributed by atoms with Crippen molar-refractivity contribution in [1.29, 1.82) is 0 Å². The summed E-state index contributed by atoms with van der Waals surface area (Å²) in [6, 6.07) is 3.80. The van der Waals surface area contributed by atoms with Gasteiger partial charge in [-0.2, -0.15) is 0 Å². The Labute approximate surface area is 119 Å². The zero-order chi connectivity index (χ0) is 14.2. The molecule has 0 spiro atoms. The highest BCUT2D eigenvalue weighted by Gasteiger charge is 2.04. The van der Waals surface area contributed by atoms with E-state index in [9.17, 15) is 0 Å². The van der Waals surface area contributed by atoms with E-state index >= 15 is 0 Å². The minimum Gasteiger partial charge on any atom is -0.370 e. The number of nitrogens with one attached hydrogen (secondary N) is 2. The molecule has 0 saturated carbocycles. The topological polar surface area (TPSA) is 75.6 Å². The van der Waals surface area contributed by atoms with Crippen molar-refractivity contribution >= 4 is 11.6 Å². The number of hydrogen-bond donors (Lipinski definition) is 2. The molecule has 0 unspecified atom stereocenters. The predicted octanol–water partition coefficient (Wildman–Crippen LogP) is 2.26. The second kappa shape index (κ2) is 7.37. The number of nitrogens with zero attached hydrogens (tertiary/aromatic N) is 4. The molecule has 0 aliphatic rings. The van der Waals surface area contributed by atoms with Crippen LogP contribution in [-0.2, 0) is 13.0 Å². The van der Waals surface area contributed by atoms with Gasteiger partial charge in [-0.25, -0.2) is 19.9 Å². The summed E-state index contributed by atoms with van der Waals surface area (Å²) in [6.45, 7) is 5.64. The van der Waals surface area contributed by atoms with Crippen LogP contribution >= 0.6 is 0 Å². The van der Waals surface area contributed by atoms with Gasteiger partial charge >= 0.3 is 0 Å². The number of anilines is 2. The monoisotopic (exact) mass is 272 g/mol. The molecule has 2 N–H and O–H groups in total. The molecule has 0 fully saturated rings. The van der Waals surface area contributed by atoms with Crippen LogP contribution in [0.25, 0.3) is 0 Å². The van der Waals surface area contributed by atoms with Crippen LogP contribution in [0, 0.1) is 0 Å². The third kappa shape index (κ3) is 4.15. The normalized spacial score (nSPS) is 10.3. The average molecular weight is 272 g/mol. The SMILES string of the molecule is CCCc1nc(NCC)cc(NCc2ccncn2)n1. The van der Waals surface area contributed by atoms with Crippen LogP contribution < -0.4 is 10.6 Å². The van der Waals surface area contributed by atoms with Gasteiger partial charge in [-0.1, -0.05) is 6.92 Å². The van der Waals surface area contributed by atoms with Gasteiger partial charge in [-0.15, -0.1) is 0 Å². The highest BCUT2D eigenvalue weighted by atomic mass is 15.1. The maximum Gasteiger partial charge on any atom is 0.133 e. The Morgan fingerprint density at radius 1 is 1.10 bits per heavy atom. The first kappa shape index (κ1) is 14.2. The molecule has 0 aliphatic heterocycles. The zero-order valence-electron chi connectivity index (χ0n) is 11.9. The molecule has 0 aliphatic carbocycles. The summed E-state index contributed by atoms with van der Waals surface area (Å²) in [5, 5.41) is 6.51. The second-order valence-electron chi connectivity index (χ2n) is 4.39. The summed E-state index contributed by atoms with van der Waals surface area (Å²) >= 11 is 0. The van der Waals surface area contributed by atoms with Crippen LogP contribution in [-0.4, -0.2) is 26.5 Å². The molecule has 0 radical (unpaired) electrons. The second-order valence-corrected chi connectivity index (χ2v) is 4.39.